The molecule has 1 aliphatic heterocycles. The first kappa shape index (κ1) is 20.1. The topological polar surface area (TPSA) is 91.4 Å². The first-order valence-corrected chi connectivity index (χ1v) is 7.79. The summed E-state index contributed by atoms with van der Waals surface area (Å²) in [5.41, 5.74) is -1.40. The Morgan fingerprint density at radius 2 is 1.50 bits per heavy atom. The number of esters is 1. The summed E-state index contributed by atoms with van der Waals surface area (Å²) >= 11 is 0. The minimum Gasteiger partial charge on any atom is -0.467 e. The molecule has 8 heteroatoms. The molecule has 0 spiro atoms. The fourth-order valence-corrected chi connectivity index (χ4v) is 2.17. The van der Waals surface area contributed by atoms with Gasteiger partial charge in [-0.25, -0.2) is 14.4 Å². The van der Waals surface area contributed by atoms with Crippen LogP contribution in [0.4, 0.5) is 9.59 Å². The van der Waals surface area contributed by atoms with Crippen molar-refractivity contribution in [3.63, 3.8) is 0 Å². The van der Waals surface area contributed by atoms with E-state index in [1.54, 1.807) is 41.5 Å². The number of ether oxygens (including phenoxy) is 4. The first-order valence-electron chi connectivity index (χ1n) is 7.79. The van der Waals surface area contributed by atoms with E-state index in [1.807, 2.05) is 0 Å². The average Bonchev–Trinajstić information content (AvgIpc) is 2.77. The van der Waals surface area contributed by atoms with Gasteiger partial charge in [-0.1, -0.05) is 0 Å². The molecule has 0 aromatic heterocycles. The lowest BCUT2D eigenvalue weighted by Crippen LogP contribution is -2.44. The molecule has 0 aromatic rings. The van der Waals surface area contributed by atoms with Crippen LogP contribution in [-0.4, -0.2) is 60.1 Å². The summed E-state index contributed by atoms with van der Waals surface area (Å²) < 4.78 is 20.3. The number of hydrogen-bond acceptors (Lipinski definition) is 7. The molecule has 0 saturated carbocycles. The maximum Gasteiger partial charge on any atom is 0.509 e. The number of nitrogens with zero attached hydrogens (tertiary/aromatic N) is 1. The van der Waals surface area contributed by atoms with Gasteiger partial charge in [0, 0.05) is 6.42 Å². The number of hydrogen-bond donors (Lipinski definition) is 0. The van der Waals surface area contributed by atoms with Crippen molar-refractivity contribution in [2.24, 2.45) is 0 Å². The molecule has 1 rings (SSSR count). The highest BCUT2D eigenvalue weighted by atomic mass is 16.7. The Bertz CT molecular complexity index is 490. The van der Waals surface area contributed by atoms with E-state index in [0.29, 0.717) is 0 Å². The molecule has 0 N–H and O–H groups in total. The van der Waals surface area contributed by atoms with Crippen LogP contribution in [0, 0.1) is 0 Å². The molecule has 8 nitrogen and oxygen atoms in total. The molecule has 1 fully saturated rings. The Morgan fingerprint density at radius 1 is 0.958 bits per heavy atom. The SMILES string of the molecule is COC(=O)[C@H]1C[C@@H](OC(=O)OC(C)(C)C)CN1C(=O)OC(C)(C)C. The van der Waals surface area contributed by atoms with Gasteiger partial charge in [0.15, 0.2) is 0 Å². The van der Waals surface area contributed by atoms with Crippen LogP contribution >= 0.6 is 0 Å². The molecule has 2 atom stereocenters. The van der Waals surface area contributed by atoms with E-state index in [2.05, 4.69) is 0 Å². The molecular formula is C16H27NO7. The van der Waals surface area contributed by atoms with Crippen molar-refractivity contribution >= 4 is 18.2 Å². The second-order valence-electron chi connectivity index (χ2n) is 7.61. The van der Waals surface area contributed by atoms with Gasteiger partial charge < -0.3 is 18.9 Å². The number of likely N-dealkylation sites (tertiary alicyclic amines) is 1. The van der Waals surface area contributed by atoms with Crippen molar-refractivity contribution in [3.05, 3.63) is 0 Å². The van der Waals surface area contributed by atoms with Crippen molar-refractivity contribution < 1.29 is 33.3 Å². The molecule has 1 saturated heterocycles. The van der Waals surface area contributed by atoms with Gasteiger partial charge in [0.2, 0.25) is 0 Å². The number of rotatable bonds is 2. The quantitative estimate of drug-likeness (QED) is 0.561. The van der Waals surface area contributed by atoms with E-state index < -0.39 is 41.6 Å². The summed E-state index contributed by atoms with van der Waals surface area (Å²) in [5, 5.41) is 0. The molecule has 1 amide bonds. The van der Waals surface area contributed by atoms with E-state index in [1.165, 1.54) is 12.0 Å². The van der Waals surface area contributed by atoms with Crippen LogP contribution in [0.2, 0.25) is 0 Å². The molecule has 0 radical (unpaired) electrons. The third-order valence-corrected chi connectivity index (χ3v) is 3.02. The molecule has 1 aliphatic rings. The lowest BCUT2D eigenvalue weighted by atomic mass is 10.2. The van der Waals surface area contributed by atoms with E-state index in [0.717, 1.165) is 0 Å². The minimum atomic E-state index is -0.864. The molecule has 138 valence electrons. The Labute approximate surface area is 142 Å². The average molecular weight is 345 g/mol. The Hall–Kier alpha value is -1.99. The van der Waals surface area contributed by atoms with Crippen LogP contribution in [0.3, 0.4) is 0 Å². The van der Waals surface area contributed by atoms with Crippen LogP contribution in [-0.2, 0) is 23.7 Å². The van der Waals surface area contributed by atoms with Crippen LogP contribution < -0.4 is 0 Å². The molecule has 1 heterocycles. The van der Waals surface area contributed by atoms with E-state index in [-0.39, 0.29) is 13.0 Å². The third-order valence-electron chi connectivity index (χ3n) is 3.02. The predicted molar refractivity (Wildman–Crippen MR) is 84.5 cm³/mol. The largest absolute Gasteiger partial charge is 0.509 e. The van der Waals surface area contributed by atoms with Gasteiger partial charge in [0.05, 0.1) is 13.7 Å². The normalized spacial score (nSPS) is 21.2. The van der Waals surface area contributed by atoms with Gasteiger partial charge >= 0.3 is 18.2 Å². The zero-order chi connectivity index (χ0) is 18.7. The van der Waals surface area contributed by atoms with Crippen molar-refractivity contribution in [1.82, 2.24) is 4.90 Å². The maximum atomic E-state index is 12.3. The van der Waals surface area contributed by atoms with Gasteiger partial charge in [-0.15, -0.1) is 0 Å². The summed E-state index contributed by atoms with van der Waals surface area (Å²) in [5.74, 6) is -0.587. The van der Waals surface area contributed by atoms with Gasteiger partial charge in [0.25, 0.3) is 0 Å². The highest BCUT2D eigenvalue weighted by molar-refractivity contribution is 5.82. The zero-order valence-corrected chi connectivity index (χ0v) is 15.4. The molecule has 0 aliphatic carbocycles. The molecule has 24 heavy (non-hydrogen) atoms. The standard InChI is InChI=1S/C16H27NO7/c1-15(2,3)23-13(19)17-9-10(8-11(17)12(18)21-7)22-14(20)24-16(4,5)6/h10-11H,8-9H2,1-7H3/t10-,11-/m1/s1. The summed E-state index contributed by atoms with van der Waals surface area (Å²) in [4.78, 5) is 37.2. The molecule has 0 aromatic carbocycles. The van der Waals surface area contributed by atoms with E-state index >= 15 is 0 Å². The van der Waals surface area contributed by atoms with Crippen molar-refractivity contribution in [1.29, 1.82) is 0 Å². The summed E-state index contributed by atoms with van der Waals surface area (Å²) in [6.45, 7) is 10.4. The summed E-state index contributed by atoms with van der Waals surface area (Å²) in [7, 11) is 1.23. The van der Waals surface area contributed by atoms with Crippen LogP contribution in [0.15, 0.2) is 0 Å². The zero-order valence-electron chi connectivity index (χ0n) is 15.4. The van der Waals surface area contributed by atoms with Crippen molar-refractivity contribution in [2.45, 2.75) is 71.3 Å². The second-order valence-corrected chi connectivity index (χ2v) is 7.61. The maximum absolute atomic E-state index is 12.3. The van der Waals surface area contributed by atoms with Gasteiger partial charge in [-0.2, -0.15) is 0 Å². The van der Waals surface area contributed by atoms with Gasteiger partial charge in [0.1, 0.15) is 23.3 Å². The van der Waals surface area contributed by atoms with Crippen molar-refractivity contribution in [2.75, 3.05) is 13.7 Å². The fraction of sp³-hybridized carbons (Fsp3) is 0.812. The number of carbonyl (C=O) groups is 3. The second kappa shape index (κ2) is 7.27. The van der Waals surface area contributed by atoms with E-state index in [4.69, 9.17) is 18.9 Å². The van der Waals surface area contributed by atoms with Gasteiger partial charge in [-0.05, 0) is 41.5 Å². The Kier molecular flexibility index (Phi) is 6.08. The highest BCUT2D eigenvalue weighted by Crippen LogP contribution is 2.25. The van der Waals surface area contributed by atoms with E-state index in [9.17, 15) is 14.4 Å². The fourth-order valence-electron chi connectivity index (χ4n) is 2.17. The number of carbonyl (C=O) groups excluding carboxylic acids is 3. The highest BCUT2D eigenvalue weighted by Gasteiger charge is 2.44. The Balaban J connectivity index is 2.78. The first-order chi connectivity index (χ1) is 10.8. The third kappa shape index (κ3) is 6.25. The smallest absolute Gasteiger partial charge is 0.467 e. The number of amides is 1. The lowest BCUT2D eigenvalue weighted by molar-refractivity contribution is -0.145. The molecule has 0 unspecified atom stereocenters. The molecular weight excluding hydrogens is 318 g/mol. The van der Waals surface area contributed by atoms with Crippen LogP contribution in [0.5, 0.6) is 0 Å². The van der Waals surface area contributed by atoms with Crippen LogP contribution in [0.25, 0.3) is 0 Å². The predicted octanol–water partition coefficient (Wildman–Crippen LogP) is 2.49. The summed E-state index contributed by atoms with van der Waals surface area (Å²) in [6.07, 6.45) is -2.04. The summed E-state index contributed by atoms with van der Waals surface area (Å²) in [6, 6.07) is -0.864. The number of methoxy groups -OCH3 is 1. The lowest BCUT2D eigenvalue weighted by Gasteiger charge is -2.27. The van der Waals surface area contributed by atoms with Crippen molar-refractivity contribution in [3.8, 4) is 0 Å². The van der Waals surface area contributed by atoms with Gasteiger partial charge in [-0.3, -0.25) is 4.90 Å². The Morgan fingerprint density at radius 3 is 1.96 bits per heavy atom. The molecule has 0 bridgehead atoms. The van der Waals surface area contributed by atoms with Crippen LogP contribution in [0.1, 0.15) is 48.0 Å². The minimum absolute atomic E-state index is 0.0356. The monoisotopic (exact) mass is 345 g/mol.